The first kappa shape index (κ1) is 19.1. The average molecular weight is 388 g/mol. The number of carbonyl (C=O) groups excluding carboxylic acids is 1. The Hall–Kier alpha value is -1.70. The summed E-state index contributed by atoms with van der Waals surface area (Å²) in [5.41, 5.74) is 1.92. The number of nitrogens with zero attached hydrogens (tertiary/aromatic N) is 3. The molecule has 0 spiro atoms. The predicted molar refractivity (Wildman–Crippen MR) is 108 cm³/mol. The van der Waals surface area contributed by atoms with Gasteiger partial charge in [0.1, 0.15) is 5.03 Å². The van der Waals surface area contributed by atoms with Crippen LogP contribution in [0.2, 0.25) is 13.1 Å². The molecule has 1 aliphatic rings. The van der Waals surface area contributed by atoms with Gasteiger partial charge >= 0.3 is 0 Å². The van der Waals surface area contributed by atoms with E-state index in [2.05, 4.69) is 62.0 Å². The maximum atomic E-state index is 12.4. The quantitative estimate of drug-likeness (QED) is 0.714. The smallest absolute Gasteiger partial charge is 0.229 e. The van der Waals surface area contributed by atoms with E-state index in [4.69, 9.17) is 4.43 Å². The molecule has 0 bridgehead atoms. The van der Waals surface area contributed by atoms with Crippen LogP contribution >= 0.6 is 11.8 Å². The summed E-state index contributed by atoms with van der Waals surface area (Å²) in [6.07, 6.45) is 3.26. The van der Waals surface area contributed by atoms with Crippen molar-refractivity contribution in [2.24, 2.45) is 5.41 Å². The fourth-order valence-corrected chi connectivity index (χ4v) is 5.15. The lowest BCUT2D eigenvalue weighted by molar-refractivity contribution is -0.115. The van der Waals surface area contributed by atoms with Crippen molar-refractivity contribution < 1.29 is 9.22 Å². The van der Waals surface area contributed by atoms with Gasteiger partial charge in [-0.2, -0.15) is 0 Å². The summed E-state index contributed by atoms with van der Waals surface area (Å²) in [5.74, 6) is 0.526. The van der Waals surface area contributed by atoms with Crippen LogP contribution in [-0.2, 0) is 9.22 Å². The van der Waals surface area contributed by atoms with Crippen molar-refractivity contribution in [2.45, 2.75) is 56.8 Å². The molecule has 5 nitrogen and oxygen atoms in total. The minimum Gasteiger partial charge on any atom is -0.413 e. The molecule has 1 unspecified atom stereocenters. The van der Waals surface area contributed by atoms with Crippen LogP contribution in [0.1, 0.15) is 39.4 Å². The zero-order valence-electron chi connectivity index (χ0n) is 16.1. The van der Waals surface area contributed by atoms with Crippen molar-refractivity contribution in [2.75, 3.05) is 4.90 Å². The third kappa shape index (κ3) is 3.70. The van der Waals surface area contributed by atoms with Crippen LogP contribution in [0.5, 0.6) is 0 Å². The monoisotopic (exact) mass is 387 g/mol. The van der Waals surface area contributed by atoms with Gasteiger partial charge in [-0.15, -0.1) is 0 Å². The zero-order chi connectivity index (χ0) is 19.1. The molecule has 138 valence electrons. The van der Waals surface area contributed by atoms with Gasteiger partial charge in [-0.05, 0) is 36.2 Å². The van der Waals surface area contributed by atoms with Crippen LogP contribution in [-0.4, -0.2) is 24.9 Å². The summed E-state index contributed by atoms with van der Waals surface area (Å²) in [5, 5.41) is 0.751. The van der Waals surface area contributed by atoms with Crippen molar-refractivity contribution in [3.05, 3.63) is 36.2 Å². The Balaban J connectivity index is 2.10. The average Bonchev–Trinajstić information content (AvgIpc) is 2.55. The number of carbonyl (C=O) groups is 1. The highest BCUT2D eigenvalue weighted by atomic mass is 32.2. The van der Waals surface area contributed by atoms with E-state index in [1.165, 1.54) is 0 Å². The lowest BCUT2D eigenvalue weighted by atomic mass is 9.84. The summed E-state index contributed by atoms with van der Waals surface area (Å²) in [4.78, 5) is 23.8. The maximum absolute atomic E-state index is 12.4. The topological polar surface area (TPSA) is 55.3 Å². The molecule has 7 heteroatoms. The van der Waals surface area contributed by atoms with E-state index in [1.54, 1.807) is 36.0 Å². The highest BCUT2D eigenvalue weighted by Crippen LogP contribution is 2.48. The number of amides is 1. The molecule has 26 heavy (non-hydrogen) atoms. The van der Waals surface area contributed by atoms with E-state index in [-0.39, 0.29) is 17.4 Å². The van der Waals surface area contributed by atoms with Crippen molar-refractivity contribution in [3.8, 4) is 0 Å². The number of anilines is 2. The summed E-state index contributed by atoms with van der Waals surface area (Å²) >= 11 is 1.55. The minimum absolute atomic E-state index is 0.0125. The minimum atomic E-state index is -1.23. The number of fused-ring (bicyclic) bond motifs is 2. The van der Waals surface area contributed by atoms with Gasteiger partial charge in [-0.3, -0.25) is 9.69 Å². The van der Waals surface area contributed by atoms with Gasteiger partial charge in [0.25, 0.3) is 0 Å². The highest BCUT2D eigenvalue weighted by Gasteiger charge is 2.32. The van der Waals surface area contributed by atoms with E-state index < -0.39 is 9.04 Å². The molecule has 0 saturated heterocycles. The van der Waals surface area contributed by atoms with Gasteiger partial charge in [0.05, 0.1) is 11.8 Å². The molecule has 1 aromatic carbocycles. The number of benzene rings is 1. The first-order chi connectivity index (χ1) is 12.2. The van der Waals surface area contributed by atoms with Gasteiger partial charge < -0.3 is 4.43 Å². The van der Waals surface area contributed by atoms with Crippen molar-refractivity contribution in [1.82, 2.24) is 9.97 Å². The third-order valence-corrected chi connectivity index (χ3v) is 5.96. The molecule has 2 aromatic rings. The SMILES string of the molecule is CC(=O)N1c2cc(C(O[SiH](C)C)C(C)(C)C)ccc2Sc2nccnc21. The Kier molecular flexibility index (Phi) is 5.23. The molecular formula is C19H25N3O2SSi. The van der Waals surface area contributed by atoms with E-state index in [0.717, 1.165) is 21.2 Å². The molecule has 1 atom stereocenters. The molecule has 1 aliphatic heterocycles. The molecular weight excluding hydrogens is 362 g/mol. The van der Waals surface area contributed by atoms with Crippen molar-refractivity contribution >= 4 is 38.2 Å². The Morgan fingerprint density at radius 3 is 2.54 bits per heavy atom. The van der Waals surface area contributed by atoms with Crippen molar-refractivity contribution in [3.63, 3.8) is 0 Å². The molecule has 0 fully saturated rings. The van der Waals surface area contributed by atoms with Gasteiger partial charge in [0, 0.05) is 24.2 Å². The maximum Gasteiger partial charge on any atom is 0.229 e. The lowest BCUT2D eigenvalue weighted by Gasteiger charge is -2.35. The first-order valence-corrected chi connectivity index (χ1v) is 12.4. The molecule has 2 heterocycles. The van der Waals surface area contributed by atoms with Gasteiger partial charge in [-0.25, -0.2) is 9.97 Å². The third-order valence-electron chi connectivity index (χ3n) is 4.10. The summed E-state index contributed by atoms with van der Waals surface area (Å²) in [6, 6.07) is 6.25. The summed E-state index contributed by atoms with van der Waals surface area (Å²) in [7, 11) is -1.23. The number of hydrogen-bond acceptors (Lipinski definition) is 5. The number of rotatable bonds is 3. The van der Waals surface area contributed by atoms with Gasteiger partial charge in [0.15, 0.2) is 14.9 Å². The molecule has 3 rings (SSSR count). The fourth-order valence-electron chi connectivity index (χ4n) is 3.09. The fraction of sp³-hybridized carbons (Fsp3) is 0.421. The van der Waals surface area contributed by atoms with Crippen LogP contribution < -0.4 is 4.90 Å². The second-order valence-corrected chi connectivity index (χ2v) is 11.2. The van der Waals surface area contributed by atoms with Crippen molar-refractivity contribution in [1.29, 1.82) is 0 Å². The van der Waals surface area contributed by atoms with Gasteiger partial charge in [-0.1, -0.05) is 38.6 Å². The second-order valence-electron chi connectivity index (χ2n) is 7.80. The molecule has 0 aliphatic carbocycles. The predicted octanol–water partition coefficient (Wildman–Crippen LogP) is 4.71. The van der Waals surface area contributed by atoms with Crippen LogP contribution in [0.25, 0.3) is 0 Å². The van der Waals surface area contributed by atoms with Crippen LogP contribution in [0.3, 0.4) is 0 Å². The number of hydrogen-bond donors (Lipinski definition) is 0. The standard InChI is InChI=1S/C19H25N3O2SSi/c1-12(23)22-14-11-13(16(19(2,3)4)24-26(5)6)7-8-15(14)25-18-17(22)20-9-10-21-18/h7-11,16,26H,1-6H3. The highest BCUT2D eigenvalue weighted by molar-refractivity contribution is 7.99. The lowest BCUT2D eigenvalue weighted by Crippen LogP contribution is -2.29. The van der Waals surface area contributed by atoms with E-state index in [0.29, 0.717) is 5.82 Å². The summed E-state index contributed by atoms with van der Waals surface area (Å²) in [6.45, 7) is 12.5. The Labute approximate surface area is 160 Å². The van der Waals surface area contributed by atoms with E-state index in [9.17, 15) is 4.79 Å². The Morgan fingerprint density at radius 2 is 1.92 bits per heavy atom. The molecule has 0 radical (unpaired) electrons. The molecule has 1 amide bonds. The largest absolute Gasteiger partial charge is 0.413 e. The van der Waals surface area contributed by atoms with Gasteiger partial charge in [0.2, 0.25) is 5.91 Å². The van der Waals surface area contributed by atoms with Crippen LogP contribution in [0.4, 0.5) is 11.5 Å². The Bertz CT molecular complexity index is 836. The normalized spacial score (nSPS) is 14.8. The number of aromatic nitrogens is 2. The van der Waals surface area contributed by atoms with E-state index >= 15 is 0 Å². The zero-order valence-corrected chi connectivity index (χ0v) is 18.1. The molecule has 0 N–H and O–H groups in total. The second kappa shape index (κ2) is 7.13. The van der Waals surface area contributed by atoms with Crippen LogP contribution in [0.15, 0.2) is 40.5 Å². The summed E-state index contributed by atoms with van der Waals surface area (Å²) < 4.78 is 6.36. The molecule has 1 aromatic heterocycles. The first-order valence-electron chi connectivity index (χ1n) is 8.77. The van der Waals surface area contributed by atoms with Crippen LogP contribution in [0, 0.1) is 5.41 Å². The molecule has 0 saturated carbocycles. The van der Waals surface area contributed by atoms with E-state index in [1.807, 2.05) is 0 Å². The Morgan fingerprint density at radius 1 is 1.23 bits per heavy atom.